The summed E-state index contributed by atoms with van der Waals surface area (Å²) >= 11 is 1.85. The molecule has 0 radical (unpaired) electrons. The Hall–Kier alpha value is -1.37. The molecule has 0 spiro atoms. The minimum atomic E-state index is -0.683. The molecule has 0 heterocycles. The van der Waals surface area contributed by atoms with Crippen LogP contribution >= 0.6 is 11.8 Å². The zero-order valence-corrected chi connectivity index (χ0v) is 13.2. The van der Waals surface area contributed by atoms with Crippen molar-refractivity contribution in [3.05, 3.63) is 29.8 Å². The Morgan fingerprint density at radius 1 is 1.48 bits per heavy atom. The third-order valence-corrected chi connectivity index (χ3v) is 3.97. The first kappa shape index (κ1) is 17.7. The molecule has 1 amide bonds. The van der Waals surface area contributed by atoms with Gasteiger partial charge in [0, 0.05) is 22.8 Å². The molecular formula is C15H22N2O3S. The van der Waals surface area contributed by atoms with E-state index >= 15 is 0 Å². The molecule has 1 fully saturated rings. The Kier molecular flexibility index (Phi) is 7.42. The number of carbonyl (C=O) groups is 1. The molecule has 1 aromatic rings. The first-order valence-corrected chi connectivity index (χ1v) is 7.64. The van der Waals surface area contributed by atoms with Crippen LogP contribution in [0.3, 0.4) is 0 Å². The summed E-state index contributed by atoms with van der Waals surface area (Å²) in [7, 11) is 1.56. The second-order valence-corrected chi connectivity index (χ2v) is 6.26. The van der Waals surface area contributed by atoms with Crippen LogP contribution < -0.4 is 5.73 Å². The Labute approximate surface area is 129 Å². The summed E-state index contributed by atoms with van der Waals surface area (Å²) in [6.07, 6.45) is 2.27. The largest absolute Gasteiger partial charge is 0.391 e. The molecule has 1 saturated carbocycles. The molecule has 6 heteroatoms. The number of benzene rings is 1. The quantitative estimate of drug-likeness (QED) is 0.698. The summed E-state index contributed by atoms with van der Waals surface area (Å²) in [6.45, 7) is 2.11. The van der Waals surface area contributed by atoms with E-state index in [2.05, 4.69) is 4.74 Å². The molecule has 1 atom stereocenters. The lowest BCUT2D eigenvalue weighted by Gasteiger charge is -2.02. The fourth-order valence-corrected chi connectivity index (χ4v) is 2.51. The van der Waals surface area contributed by atoms with Gasteiger partial charge in [-0.2, -0.15) is 0 Å². The van der Waals surface area contributed by atoms with Gasteiger partial charge in [0.1, 0.15) is 5.71 Å². The Morgan fingerprint density at radius 2 is 2.05 bits per heavy atom. The Balaban J connectivity index is 0.000000315. The predicted octanol–water partition coefficient (Wildman–Crippen LogP) is 1.81. The van der Waals surface area contributed by atoms with Gasteiger partial charge < -0.3 is 15.6 Å². The smallest absolute Gasteiger partial charge is 0.267 e. The molecule has 5 nitrogen and oxygen atoms in total. The highest BCUT2D eigenvalue weighted by molar-refractivity contribution is 8.00. The number of aliphatic hydroxyl groups is 1. The fourth-order valence-electron chi connectivity index (χ4n) is 1.46. The van der Waals surface area contributed by atoms with Gasteiger partial charge in [-0.25, -0.2) is 0 Å². The monoisotopic (exact) mass is 310 g/mol. The number of primary amides is 1. The van der Waals surface area contributed by atoms with E-state index in [1.807, 2.05) is 23.9 Å². The first-order valence-electron chi connectivity index (χ1n) is 6.76. The van der Waals surface area contributed by atoms with Crippen LogP contribution in [0.25, 0.3) is 0 Å². The molecule has 116 valence electrons. The number of thioether (sulfide) groups is 1. The lowest BCUT2D eigenvalue weighted by Crippen LogP contribution is -2.22. The van der Waals surface area contributed by atoms with E-state index in [9.17, 15) is 4.79 Å². The average molecular weight is 310 g/mol. The second kappa shape index (κ2) is 8.81. The molecule has 0 saturated heterocycles. The summed E-state index contributed by atoms with van der Waals surface area (Å²) in [5.41, 5.74) is 5.49. The van der Waals surface area contributed by atoms with Crippen molar-refractivity contribution in [2.24, 2.45) is 5.73 Å². The number of amides is 1. The van der Waals surface area contributed by atoms with Gasteiger partial charge in [-0.15, -0.1) is 11.8 Å². The van der Waals surface area contributed by atoms with Crippen molar-refractivity contribution < 1.29 is 14.6 Å². The van der Waals surface area contributed by atoms with Gasteiger partial charge in [-0.05, 0) is 31.9 Å². The number of rotatable bonds is 6. The lowest BCUT2D eigenvalue weighted by atomic mass is 10.1. The van der Waals surface area contributed by atoms with Crippen LogP contribution in [0.15, 0.2) is 29.2 Å². The van der Waals surface area contributed by atoms with Crippen molar-refractivity contribution in [3.8, 4) is 0 Å². The van der Waals surface area contributed by atoms with Gasteiger partial charge in [-0.3, -0.25) is 10.2 Å². The highest BCUT2D eigenvalue weighted by Crippen LogP contribution is 2.38. The van der Waals surface area contributed by atoms with Crippen LogP contribution in [0.5, 0.6) is 0 Å². The molecule has 1 aromatic carbocycles. The minimum Gasteiger partial charge on any atom is -0.391 e. The normalized spacial score (nSPS) is 14.8. The first-order chi connectivity index (χ1) is 9.93. The molecule has 1 unspecified atom stereocenters. The summed E-state index contributed by atoms with van der Waals surface area (Å²) in [5, 5.41) is 16.6. The van der Waals surface area contributed by atoms with E-state index in [1.54, 1.807) is 26.2 Å². The van der Waals surface area contributed by atoms with Crippen molar-refractivity contribution in [1.29, 1.82) is 5.41 Å². The Morgan fingerprint density at radius 3 is 2.38 bits per heavy atom. The standard InChI is InChI=1S/C11H12N2OS.C4H10O2/c12-10(11(13)14)7-1-3-8(4-2-7)15-9-5-6-9;1-4(5)3-6-2/h1-4,9,12H,5-6H2,(H2,13,14);4-5H,3H2,1-2H3. The van der Waals surface area contributed by atoms with Gasteiger partial charge in [0.2, 0.25) is 0 Å². The van der Waals surface area contributed by atoms with Crippen molar-refractivity contribution in [1.82, 2.24) is 0 Å². The maximum absolute atomic E-state index is 10.8. The molecule has 2 rings (SSSR count). The summed E-state index contributed by atoms with van der Waals surface area (Å²) in [5.74, 6) is -0.683. The Bertz CT molecular complexity index is 470. The van der Waals surface area contributed by atoms with Crippen LogP contribution in [-0.4, -0.2) is 41.8 Å². The fraction of sp³-hybridized carbons (Fsp3) is 0.467. The third kappa shape index (κ3) is 7.27. The SMILES string of the molecule is COCC(C)O.N=C(C(N)=O)c1ccc(SC2CC2)cc1. The van der Waals surface area contributed by atoms with Gasteiger partial charge >= 0.3 is 0 Å². The van der Waals surface area contributed by atoms with Crippen LogP contribution in [0.2, 0.25) is 0 Å². The third-order valence-electron chi connectivity index (χ3n) is 2.62. The maximum Gasteiger partial charge on any atom is 0.267 e. The van der Waals surface area contributed by atoms with Crippen LogP contribution in [0.1, 0.15) is 25.3 Å². The number of carbonyl (C=O) groups excluding carboxylic acids is 1. The minimum absolute atomic E-state index is 0.127. The molecule has 21 heavy (non-hydrogen) atoms. The average Bonchev–Trinajstić information content (AvgIpc) is 3.23. The van der Waals surface area contributed by atoms with Crippen molar-refractivity contribution in [2.45, 2.75) is 36.0 Å². The van der Waals surface area contributed by atoms with E-state index in [0.29, 0.717) is 12.2 Å². The zero-order chi connectivity index (χ0) is 15.8. The van der Waals surface area contributed by atoms with Crippen LogP contribution in [0.4, 0.5) is 0 Å². The molecule has 1 aliphatic rings. The molecule has 0 aliphatic heterocycles. The van der Waals surface area contributed by atoms with E-state index in [0.717, 1.165) is 5.25 Å². The zero-order valence-electron chi connectivity index (χ0n) is 12.3. The van der Waals surface area contributed by atoms with Crippen molar-refractivity contribution >= 4 is 23.4 Å². The van der Waals surface area contributed by atoms with Crippen molar-refractivity contribution in [2.75, 3.05) is 13.7 Å². The number of hydrogen-bond donors (Lipinski definition) is 3. The van der Waals surface area contributed by atoms with E-state index in [4.69, 9.17) is 16.2 Å². The van der Waals surface area contributed by atoms with E-state index < -0.39 is 5.91 Å². The van der Waals surface area contributed by atoms with E-state index in [-0.39, 0.29) is 11.8 Å². The summed E-state index contributed by atoms with van der Waals surface area (Å²) < 4.78 is 4.55. The molecule has 0 aromatic heterocycles. The number of ether oxygens (including phenoxy) is 1. The summed E-state index contributed by atoms with van der Waals surface area (Å²) in [6, 6.07) is 7.43. The van der Waals surface area contributed by atoms with E-state index in [1.165, 1.54) is 17.7 Å². The lowest BCUT2D eigenvalue weighted by molar-refractivity contribution is -0.112. The number of hydrogen-bond acceptors (Lipinski definition) is 5. The molecular weight excluding hydrogens is 288 g/mol. The van der Waals surface area contributed by atoms with Gasteiger partial charge in [0.05, 0.1) is 12.7 Å². The molecule has 0 bridgehead atoms. The van der Waals surface area contributed by atoms with Gasteiger partial charge in [0.15, 0.2) is 0 Å². The topological polar surface area (TPSA) is 96.4 Å². The number of nitrogens with two attached hydrogens (primary N) is 1. The van der Waals surface area contributed by atoms with Crippen LogP contribution in [0, 0.1) is 5.41 Å². The van der Waals surface area contributed by atoms with Crippen LogP contribution in [-0.2, 0) is 9.53 Å². The summed E-state index contributed by atoms with van der Waals surface area (Å²) in [4.78, 5) is 12.0. The van der Waals surface area contributed by atoms with Crippen molar-refractivity contribution in [3.63, 3.8) is 0 Å². The molecule has 4 N–H and O–H groups in total. The number of aliphatic hydroxyl groups excluding tert-OH is 1. The predicted molar refractivity (Wildman–Crippen MR) is 84.9 cm³/mol. The number of methoxy groups -OCH3 is 1. The van der Waals surface area contributed by atoms with Gasteiger partial charge in [0.25, 0.3) is 5.91 Å². The highest BCUT2D eigenvalue weighted by Gasteiger charge is 2.22. The molecule has 1 aliphatic carbocycles. The highest BCUT2D eigenvalue weighted by atomic mass is 32.2. The van der Waals surface area contributed by atoms with Gasteiger partial charge in [-0.1, -0.05) is 12.1 Å². The maximum atomic E-state index is 10.8. The number of nitrogens with one attached hydrogen (secondary N) is 1. The second-order valence-electron chi connectivity index (χ2n) is 4.89.